The van der Waals surface area contributed by atoms with Crippen molar-refractivity contribution in [2.45, 2.75) is 6.42 Å². The molecular formula is C11H16N4OS. The maximum Gasteiger partial charge on any atom is 0.225 e. The number of nitrogens with zero attached hydrogens (tertiary/aromatic N) is 4. The van der Waals surface area contributed by atoms with Crippen molar-refractivity contribution in [3.8, 4) is 0 Å². The first-order valence-electron chi connectivity index (χ1n) is 5.72. The molecule has 5 nitrogen and oxygen atoms in total. The average Bonchev–Trinajstić information content (AvgIpc) is 2.40. The van der Waals surface area contributed by atoms with Crippen molar-refractivity contribution < 1.29 is 4.79 Å². The molecule has 1 amide bonds. The number of carbonyl (C=O) groups is 1. The average molecular weight is 252 g/mol. The van der Waals surface area contributed by atoms with Crippen molar-refractivity contribution in [1.29, 1.82) is 0 Å². The molecule has 0 spiro atoms. The number of rotatable bonds is 3. The third-order valence-corrected chi connectivity index (χ3v) is 3.02. The molecule has 0 bridgehead atoms. The summed E-state index contributed by atoms with van der Waals surface area (Å²) in [7, 11) is 0. The van der Waals surface area contributed by atoms with E-state index in [1.54, 1.807) is 18.5 Å². The highest BCUT2D eigenvalue weighted by molar-refractivity contribution is 7.80. The lowest BCUT2D eigenvalue weighted by Crippen LogP contribution is -2.49. The Morgan fingerprint density at radius 3 is 2.47 bits per heavy atom. The minimum Gasteiger partial charge on any atom is -0.339 e. The van der Waals surface area contributed by atoms with E-state index in [9.17, 15) is 4.79 Å². The van der Waals surface area contributed by atoms with Crippen LogP contribution in [0.25, 0.3) is 0 Å². The summed E-state index contributed by atoms with van der Waals surface area (Å²) < 4.78 is 0. The van der Waals surface area contributed by atoms with Gasteiger partial charge in [0.15, 0.2) is 0 Å². The zero-order chi connectivity index (χ0) is 12.1. The quantitative estimate of drug-likeness (QED) is 0.793. The lowest BCUT2D eigenvalue weighted by atomic mass is 10.3. The number of hydrogen-bond donors (Lipinski definition) is 1. The van der Waals surface area contributed by atoms with E-state index in [0.29, 0.717) is 12.2 Å². The maximum absolute atomic E-state index is 11.7. The minimum absolute atomic E-state index is 0.189. The van der Waals surface area contributed by atoms with Crippen LogP contribution in [0.1, 0.15) is 6.42 Å². The highest BCUT2D eigenvalue weighted by Crippen LogP contribution is 2.10. The fourth-order valence-electron chi connectivity index (χ4n) is 1.86. The summed E-state index contributed by atoms with van der Waals surface area (Å²) in [6.45, 7) is 3.07. The van der Waals surface area contributed by atoms with Crippen LogP contribution in [0.4, 0.5) is 5.95 Å². The third-order valence-electron chi connectivity index (χ3n) is 2.79. The Kier molecular flexibility index (Phi) is 4.19. The molecule has 92 valence electrons. The molecule has 1 aliphatic rings. The molecule has 1 aromatic heterocycles. The second-order valence-electron chi connectivity index (χ2n) is 3.89. The number of thiol groups is 1. The van der Waals surface area contributed by atoms with Crippen LogP contribution < -0.4 is 4.90 Å². The van der Waals surface area contributed by atoms with Crippen LogP contribution in [-0.2, 0) is 4.79 Å². The van der Waals surface area contributed by atoms with E-state index in [0.717, 1.165) is 32.1 Å². The molecule has 0 atom stereocenters. The van der Waals surface area contributed by atoms with Crippen LogP contribution in [0, 0.1) is 0 Å². The fourth-order valence-corrected chi connectivity index (χ4v) is 2.06. The summed E-state index contributed by atoms with van der Waals surface area (Å²) in [6, 6.07) is 1.80. The van der Waals surface area contributed by atoms with Gasteiger partial charge < -0.3 is 9.80 Å². The van der Waals surface area contributed by atoms with Crippen LogP contribution in [0.5, 0.6) is 0 Å². The first-order valence-corrected chi connectivity index (χ1v) is 6.35. The predicted octanol–water partition coefficient (Wildman–Crippen LogP) is 0.445. The molecule has 0 aliphatic carbocycles. The molecule has 1 aromatic rings. The number of anilines is 1. The van der Waals surface area contributed by atoms with Crippen molar-refractivity contribution >= 4 is 24.5 Å². The normalized spacial score (nSPS) is 16.1. The van der Waals surface area contributed by atoms with E-state index in [4.69, 9.17) is 0 Å². The summed E-state index contributed by atoms with van der Waals surface area (Å²) in [5.41, 5.74) is 0. The zero-order valence-corrected chi connectivity index (χ0v) is 10.5. The first kappa shape index (κ1) is 12.2. The summed E-state index contributed by atoms with van der Waals surface area (Å²) in [5.74, 6) is 1.54. The Balaban J connectivity index is 1.88. The van der Waals surface area contributed by atoms with Gasteiger partial charge in [-0.3, -0.25) is 4.79 Å². The van der Waals surface area contributed by atoms with Gasteiger partial charge in [0.05, 0.1) is 0 Å². The van der Waals surface area contributed by atoms with Gasteiger partial charge in [0, 0.05) is 45.0 Å². The minimum atomic E-state index is 0.189. The Labute approximate surface area is 106 Å². The fraction of sp³-hybridized carbons (Fsp3) is 0.545. The third kappa shape index (κ3) is 3.09. The van der Waals surface area contributed by atoms with Gasteiger partial charge in [-0.25, -0.2) is 9.97 Å². The SMILES string of the molecule is O=C(CCS)N1CCN(c2ncccn2)CC1. The lowest BCUT2D eigenvalue weighted by molar-refractivity contribution is -0.131. The van der Waals surface area contributed by atoms with Gasteiger partial charge in [0.2, 0.25) is 11.9 Å². The Bertz CT molecular complexity index is 365. The maximum atomic E-state index is 11.7. The molecule has 2 rings (SSSR count). The first-order chi connectivity index (χ1) is 8.31. The lowest BCUT2D eigenvalue weighted by Gasteiger charge is -2.34. The van der Waals surface area contributed by atoms with Gasteiger partial charge in [-0.2, -0.15) is 12.6 Å². The van der Waals surface area contributed by atoms with Crippen LogP contribution in [0.15, 0.2) is 18.5 Å². The predicted molar refractivity (Wildman–Crippen MR) is 69.3 cm³/mol. The van der Waals surface area contributed by atoms with Crippen molar-refractivity contribution in [3.63, 3.8) is 0 Å². The van der Waals surface area contributed by atoms with Gasteiger partial charge in [0.1, 0.15) is 0 Å². The van der Waals surface area contributed by atoms with E-state index in [1.165, 1.54) is 0 Å². The van der Waals surface area contributed by atoms with E-state index >= 15 is 0 Å². The van der Waals surface area contributed by atoms with Crippen molar-refractivity contribution in [3.05, 3.63) is 18.5 Å². The summed E-state index contributed by atoms with van der Waals surface area (Å²) >= 11 is 4.08. The molecule has 0 N–H and O–H groups in total. The zero-order valence-electron chi connectivity index (χ0n) is 9.62. The van der Waals surface area contributed by atoms with Gasteiger partial charge in [-0.15, -0.1) is 0 Å². The molecule has 6 heteroatoms. The largest absolute Gasteiger partial charge is 0.339 e. The molecule has 2 heterocycles. The van der Waals surface area contributed by atoms with E-state index in [-0.39, 0.29) is 5.91 Å². The van der Waals surface area contributed by atoms with Gasteiger partial charge in [0.25, 0.3) is 0 Å². The molecule has 0 radical (unpaired) electrons. The van der Waals surface area contributed by atoms with Crippen LogP contribution in [0.3, 0.4) is 0 Å². The smallest absolute Gasteiger partial charge is 0.225 e. The highest BCUT2D eigenvalue weighted by Gasteiger charge is 2.21. The molecule has 17 heavy (non-hydrogen) atoms. The van der Waals surface area contributed by atoms with Crippen LogP contribution >= 0.6 is 12.6 Å². The molecule has 1 fully saturated rings. The molecule has 0 unspecified atom stereocenters. The number of hydrogen-bond acceptors (Lipinski definition) is 5. The monoisotopic (exact) mass is 252 g/mol. The van der Waals surface area contributed by atoms with Crippen LogP contribution in [-0.4, -0.2) is 52.7 Å². The molecule has 0 aromatic carbocycles. The molecular weight excluding hydrogens is 236 g/mol. The number of amides is 1. The molecule has 1 aliphatic heterocycles. The number of carbonyl (C=O) groups excluding carboxylic acids is 1. The van der Waals surface area contributed by atoms with Gasteiger partial charge in [-0.05, 0) is 11.8 Å². The topological polar surface area (TPSA) is 49.3 Å². The second kappa shape index (κ2) is 5.86. The highest BCUT2D eigenvalue weighted by atomic mass is 32.1. The van der Waals surface area contributed by atoms with Gasteiger partial charge in [-0.1, -0.05) is 0 Å². The van der Waals surface area contributed by atoms with E-state index < -0.39 is 0 Å². The summed E-state index contributed by atoms with van der Waals surface area (Å²) in [4.78, 5) is 24.1. The van der Waals surface area contributed by atoms with Crippen molar-refractivity contribution in [2.75, 3.05) is 36.8 Å². The Morgan fingerprint density at radius 1 is 1.24 bits per heavy atom. The Morgan fingerprint density at radius 2 is 1.88 bits per heavy atom. The van der Waals surface area contributed by atoms with Crippen molar-refractivity contribution in [1.82, 2.24) is 14.9 Å². The summed E-state index contributed by atoms with van der Waals surface area (Å²) in [6.07, 6.45) is 3.99. The standard InChI is InChI=1S/C11H16N4OS/c16-10(2-9-17)14-5-7-15(8-6-14)11-12-3-1-4-13-11/h1,3-4,17H,2,5-9H2. The van der Waals surface area contributed by atoms with Crippen LogP contribution in [0.2, 0.25) is 0 Å². The van der Waals surface area contributed by atoms with E-state index in [2.05, 4.69) is 27.5 Å². The van der Waals surface area contributed by atoms with Gasteiger partial charge >= 0.3 is 0 Å². The molecule has 1 saturated heterocycles. The summed E-state index contributed by atoms with van der Waals surface area (Å²) in [5, 5.41) is 0. The van der Waals surface area contributed by atoms with E-state index in [1.807, 2.05) is 4.90 Å². The second-order valence-corrected chi connectivity index (χ2v) is 4.34. The molecule has 0 saturated carbocycles. The van der Waals surface area contributed by atoms with Crippen molar-refractivity contribution in [2.24, 2.45) is 0 Å². The number of aromatic nitrogens is 2. The Hall–Kier alpha value is -1.30. The number of piperazine rings is 1.